The van der Waals surface area contributed by atoms with Crippen molar-refractivity contribution in [2.24, 2.45) is 0 Å². The van der Waals surface area contributed by atoms with Gasteiger partial charge in [0.1, 0.15) is 0 Å². The van der Waals surface area contributed by atoms with Gasteiger partial charge in [0.2, 0.25) is 5.91 Å². The van der Waals surface area contributed by atoms with Gasteiger partial charge >= 0.3 is 0 Å². The van der Waals surface area contributed by atoms with Gasteiger partial charge in [-0.05, 0) is 57.7 Å². The average molecular weight is 247 g/mol. The Morgan fingerprint density at radius 2 is 2.00 bits per heavy atom. The van der Waals surface area contributed by atoms with E-state index in [1.165, 1.54) is 5.56 Å². The molecule has 0 aromatic heterocycles. The number of nitrogens with one attached hydrogen (secondary N) is 1. The number of fused-ring (bicyclic) bond motifs is 1. The van der Waals surface area contributed by atoms with Gasteiger partial charge in [0, 0.05) is 5.69 Å². The van der Waals surface area contributed by atoms with Crippen molar-refractivity contribution in [3.63, 3.8) is 0 Å². The zero-order valence-electron chi connectivity index (χ0n) is 11.5. The molecular formula is C15H21NO2. The fourth-order valence-electron chi connectivity index (χ4n) is 2.22. The fraction of sp³-hybridized carbons (Fsp3) is 0.533. The van der Waals surface area contributed by atoms with Crippen molar-refractivity contribution in [1.29, 1.82) is 0 Å². The molecule has 0 radical (unpaired) electrons. The van der Waals surface area contributed by atoms with E-state index in [1.807, 2.05) is 39.8 Å². The Bertz CT molecular complexity index is 484. The van der Waals surface area contributed by atoms with E-state index < -0.39 is 11.0 Å². The molecular weight excluding hydrogens is 226 g/mol. The summed E-state index contributed by atoms with van der Waals surface area (Å²) in [5.41, 5.74) is 2.03. The van der Waals surface area contributed by atoms with Crippen LogP contribution in [0.25, 0.3) is 0 Å². The molecule has 1 aliphatic rings. The van der Waals surface area contributed by atoms with Crippen molar-refractivity contribution < 1.29 is 9.90 Å². The largest absolute Gasteiger partial charge is 0.390 e. The number of aryl methyl sites for hydroxylation is 1. The molecule has 3 nitrogen and oxygen atoms in total. The van der Waals surface area contributed by atoms with E-state index >= 15 is 0 Å². The summed E-state index contributed by atoms with van der Waals surface area (Å²) in [4.78, 5) is 11.8. The molecule has 18 heavy (non-hydrogen) atoms. The smallest absolute Gasteiger partial charge is 0.234 e. The molecule has 1 aromatic carbocycles. The number of carbonyl (C=O) groups excluding carboxylic acids is 1. The Kier molecular flexibility index (Phi) is 2.98. The van der Waals surface area contributed by atoms with Gasteiger partial charge in [0.05, 0.1) is 11.0 Å². The summed E-state index contributed by atoms with van der Waals surface area (Å²) in [6.07, 6.45) is 1.54. The zero-order chi connectivity index (χ0) is 13.6. The van der Waals surface area contributed by atoms with Crippen molar-refractivity contribution in [3.8, 4) is 0 Å². The van der Waals surface area contributed by atoms with Crippen LogP contribution >= 0.6 is 0 Å². The minimum Gasteiger partial charge on any atom is -0.390 e. The third kappa shape index (κ3) is 2.41. The van der Waals surface area contributed by atoms with Gasteiger partial charge in [-0.1, -0.05) is 12.1 Å². The molecule has 1 amide bonds. The molecule has 0 aliphatic carbocycles. The first-order valence-electron chi connectivity index (χ1n) is 6.37. The highest BCUT2D eigenvalue weighted by Crippen LogP contribution is 2.37. The molecule has 0 saturated carbocycles. The van der Waals surface area contributed by atoms with Crippen LogP contribution in [0.15, 0.2) is 18.2 Å². The first kappa shape index (κ1) is 13.1. The summed E-state index contributed by atoms with van der Waals surface area (Å²) in [5.74, 6) is 0.0529. The maximum absolute atomic E-state index is 11.8. The van der Waals surface area contributed by atoms with Crippen LogP contribution in [0.4, 0.5) is 5.69 Å². The lowest BCUT2D eigenvalue weighted by molar-refractivity contribution is -0.119. The standard InChI is InChI=1S/C15H21NO2/c1-14(2,18)8-7-10-5-6-12-11(9-10)15(3,4)13(17)16-12/h5-6,9,18H,7-8H2,1-4H3,(H,16,17). The third-order valence-electron chi connectivity index (χ3n) is 3.60. The zero-order valence-corrected chi connectivity index (χ0v) is 11.5. The van der Waals surface area contributed by atoms with Crippen molar-refractivity contribution in [2.75, 3.05) is 5.32 Å². The predicted octanol–water partition coefficient (Wildman–Crippen LogP) is 2.62. The Balaban J connectivity index is 2.24. The second kappa shape index (κ2) is 4.09. The van der Waals surface area contributed by atoms with Crippen LogP contribution in [-0.2, 0) is 16.6 Å². The van der Waals surface area contributed by atoms with E-state index in [1.54, 1.807) is 0 Å². The molecule has 1 aromatic rings. The lowest BCUT2D eigenvalue weighted by Crippen LogP contribution is -2.27. The average Bonchev–Trinajstić information content (AvgIpc) is 2.47. The molecule has 0 saturated heterocycles. The van der Waals surface area contributed by atoms with Crippen LogP contribution in [0, 0.1) is 0 Å². The van der Waals surface area contributed by atoms with Crippen molar-refractivity contribution in [3.05, 3.63) is 29.3 Å². The summed E-state index contributed by atoms with van der Waals surface area (Å²) in [7, 11) is 0. The van der Waals surface area contributed by atoms with Crippen molar-refractivity contribution in [2.45, 2.75) is 51.6 Å². The fourth-order valence-corrected chi connectivity index (χ4v) is 2.22. The SMILES string of the molecule is CC(C)(O)CCc1ccc2c(c1)C(C)(C)C(=O)N2. The van der Waals surface area contributed by atoms with Gasteiger partial charge < -0.3 is 10.4 Å². The molecule has 0 fully saturated rings. The van der Waals surface area contributed by atoms with E-state index in [4.69, 9.17) is 0 Å². The Morgan fingerprint density at radius 1 is 1.33 bits per heavy atom. The van der Waals surface area contributed by atoms with Crippen LogP contribution in [0.1, 0.15) is 45.2 Å². The molecule has 3 heteroatoms. The summed E-state index contributed by atoms with van der Waals surface area (Å²) < 4.78 is 0. The highest BCUT2D eigenvalue weighted by molar-refractivity contribution is 6.05. The summed E-state index contributed by atoms with van der Waals surface area (Å²) in [6, 6.07) is 6.06. The van der Waals surface area contributed by atoms with Gasteiger partial charge in [-0.25, -0.2) is 0 Å². The molecule has 1 aliphatic heterocycles. The van der Waals surface area contributed by atoms with Gasteiger partial charge in [0.25, 0.3) is 0 Å². The number of benzene rings is 1. The molecule has 1 heterocycles. The number of amides is 1. The van der Waals surface area contributed by atoms with Crippen molar-refractivity contribution >= 4 is 11.6 Å². The van der Waals surface area contributed by atoms with E-state index in [0.717, 1.165) is 17.7 Å². The van der Waals surface area contributed by atoms with E-state index in [2.05, 4.69) is 11.4 Å². The van der Waals surface area contributed by atoms with Crippen LogP contribution in [0.2, 0.25) is 0 Å². The second-order valence-corrected chi connectivity index (χ2v) is 6.27. The van der Waals surface area contributed by atoms with E-state index in [9.17, 15) is 9.90 Å². The maximum atomic E-state index is 11.8. The maximum Gasteiger partial charge on any atom is 0.234 e. The van der Waals surface area contributed by atoms with E-state index in [0.29, 0.717) is 6.42 Å². The minimum atomic E-state index is -0.650. The quantitative estimate of drug-likeness (QED) is 0.862. The number of carbonyl (C=O) groups is 1. The predicted molar refractivity (Wildman–Crippen MR) is 72.7 cm³/mol. The molecule has 2 N–H and O–H groups in total. The van der Waals surface area contributed by atoms with Gasteiger partial charge in [0.15, 0.2) is 0 Å². The van der Waals surface area contributed by atoms with Gasteiger partial charge in [-0.2, -0.15) is 0 Å². The Hall–Kier alpha value is -1.35. The molecule has 98 valence electrons. The molecule has 2 rings (SSSR count). The summed E-state index contributed by atoms with van der Waals surface area (Å²) in [6.45, 7) is 7.51. The number of aliphatic hydroxyl groups is 1. The van der Waals surface area contributed by atoms with E-state index in [-0.39, 0.29) is 5.91 Å². The second-order valence-electron chi connectivity index (χ2n) is 6.27. The monoisotopic (exact) mass is 247 g/mol. The summed E-state index contributed by atoms with van der Waals surface area (Å²) in [5, 5.41) is 12.6. The Labute approximate surface area is 108 Å². The Morgan fingerprint density at radius 3 is 2.61 bits per heavy atom. The lowest BCUT2D eigenvalue weighted by atomic mass is 9.84. The third-order valence-corrected chi connectivity index (χ3v) is 3.60. The topological polar surface area (TPSA) is 49.3 Å². The number of hydrogen-bond acceptors (Lipinski definition) is 2. The van der Waals surface area contributed by atoms with Crippen LogP contribution < -0.4 is 5.32 Å². The van der Waals surface area contributed by atoms with Crippen molar-refractivity contribution in [1.82, 2.24) is 0 Å². The molecule has 0 spiro atoms. The molecule has 0 atom stereocenters. The first-order chi connectivity index (χ1) is 8.20. The normalized spacial score (nSPS) is 17.5. The van der Waals surface area contributed by atoms with Crippen LogP contribution in [0.5, 0.6) is 0 Å². The first-order valence-corrected chi connectivity index (χ1v) is 6.37. The highest BCUT2D eigenvalue weighted by Gasteiger charge is 2.38. The van der Waals surface area contributed by atoms with Gasteiger partial charge in [-0.3, -0.25) is 4.79 Å². The van der Waals surface area contributed by atoms with Gasteiger partial charge in [-0.15, -0.1) is 0 Å². The minimum absolute atomic E-state index is 0.0529. The highest BCUT2D eigenvalue weighted by atomic mass is 16.3. The van der Waals surface area contributed by atoms with Crippen LogP contribution in [0.3, 0.4) is 0 Å². The molecule has 0 bridgehead atoms. The molecule has 0 unspecified atom stereocenters. The lowest BCUT2D eigenvalue weighted by Gasteiger charge is -2.18. The van der Waals surface area contributed by atoms with Crippen LogP contribution in [-0.4, -0.2) is 16.6 Å². The summed E-state index contributed by atoms with van der Waals surface area (Å²) >= 11 is 0. The number of anilines is 1. The number of hydrogen-bond donors (Lipinski definition) is 2. The number of rotatable bonds is 3.